The molecule has 3 aromatic rings. The van der Waals surface area contributed by atoms with Gasteiger partial charge < -0.3 is 14.6 Å². The highest BCUT2D eigenvalue weighted by atomic mass is 16.3. The van der Waals surface area contributed by atoms with Crippen LogP contribution in [-0.4, -0.2) is 18.4 Å². The van der Waals surface area contributed by atoms with Gasteiger partial charge in [0.15, 0.2) is 5.76 Å². The van der Waals surface area contributed by atoms with Crippen molar-refractivity contribution in [1.29, 1.82) is 0 Å². The summed E-state index contributed by atoms with van der Waals surface area (Å²) in [5.74, 6) is -0.0398. The molecule has 5 heteroatoms. The maximum atomic E-state index is 12.7. The number of amides is 2. The molecule has 0 saturated heterocycles. The number of fused-ring (bicyclic) bond motifs is 1. The van der Waals surface area contributed by atoms with Crippen molar-refractivity contribution in [3.05, 3.63) is 89.4 Å². The van der Waals surface area contributed by atoms with Crippen LogP contribution in [0, 0.1) is 0 Å². The van der Waals surface area contributed by atoms with Crippen molar-refractivity contribution < 1.29 is 14.0 Å². The third-order valence-corrected chi connectivity index (χ3v) is 4.76. The average Bonchev–Trinajstić information content (AvgIpc) is 3.38. The van der Waals surface area contributed by atoms with E-state index in [1.807, 2.05) is 54.6 Å². The molecule has 0 atom stereocenters. The lowest BCUT2D eigenvalue weighted by Gasteiger charge is -2.17. The van der Waals surface area contributed by atoms with Crippen LogP contribution < -0.4 is 10.2 Å². The first-order valence-electron chi connectivity index (χ1n) is 9.15. The van der Waals surface area contributed by atoms with Gasteiger partial charge in [-0.05, 0) is 54.8 Å². The van der Waals surface area contributed by atoms with Crippen molar-refractivity contribution in [3.8, 4) is 0 Å². The van der Waals surface area contributed by atoms with E-state index >= 15 is 0 Å². The van der Waals surface area contributed by atoms with Gasteiger partial charge >= 0.3 is 0 Å². The molecule has 4 rings (SSSR count). The molecule has 0 saturated carbocycles. The molecule has 0 fully saturated rings. The van der Waals surface area contributed by atoms with E-state index in [2.05, 4.69) is 5.32 Å². The van der Waals surface area contributed by atoms with Crippen LogP contribution in [0.1, 0.15) is 28.6 Å². The summed E-state index contributed by atoms with van der Waals surface area (Å²) < 4.78 is 5.24. The Morgan fingerprint density at radius 3 is 2.64 bits per heavy atom. The summed E-state index contributed by atoms with van der Waals surface area (Å²) in [6, 6.07) is 18.7. The zero-order valence-corrected chi connectivity index (χ0v) is 15.5. The zero-order valence-electron chi connectivity index (χ0n) is 15.5. The molecule has 1 aliphatic heterocycles. The SMILES string of the molecule is C/C(=C\c1ccccc1)C(=O)Nc1ccc2c(c1)N(C(=O)c1ccco1)CC2. The molecule has 0 unspecified atom stereocenters. The Balaban J connectivity index is 1.53. The molecule has 5 nitrogen and oxygen atoms in total. The number of nitrogens with zero attached hydrogens (tertiary/aromatic N) is 1. The van der Waals surface area contributed by atoms with Crippen molar-refractivity contribution in [3.63, 3.8) is 0 Å². The molecular formula is C23H20N2O3. The van der Waals surface area contributed by atoms with E-state index in [1.165, 1.54) is 6.26 Å². The number of carbonyl (C=O) groups is 2. The van der Waals surface area contributed by atoms with E-state index in [9.17, 15) is 9.59 Å². The Bertz CT molecular complexity index is 1040. The summed E-state index contributed by atoms with van der Waals surface area (Å²) >= 11 is 0. The van der Waals surface area contributed by atoms with Gasteiger partial charge in [0, 0.05) is 23.5 Å². The van der Waals surface area contributed by atoms with Crippen LogP contribution in [-0.2, 0) is 11.2 Å². The van der Waals surface area contributed by atoms with Gasteiger partial charge in [-0.3, -0.25) is 9.59 Å². The highest BCUT2D eigenvalue weighted by Gasteiger charge is 2.27. The molecule has 0 spiro atoms. The number of anilines is 2. The van der Waals surface area contributed by atoms with Crippen LogP contribution in [0.15, 0.2) is 76.9 Å². The minimum atomic E-state index is -0.175. The normalized spacial score (nSPS) is 13.3. The second kappa shape index (κ2) is 7.56. The minimum Gasteiger partial charge on any atom is -0.459 e. The topological polar surface area (TPSA) is 62.6 Å². The van der Waals surface area contributed by atoms with Gasteiger partial charge in [0.25, 0.3) is 11.8 Å². The Morgan fingerprint density at radius 2 is 1.89 bits per heavy atom. The van der Waals surface area contributed by atoms with Crippen molar-refractivity contribution in [2.24, 2.45) is 0 Å². The summed E-state index contributed by atoms with van der Waals surface area (Å²) in [5.41, 5.74) is 4.12. The number of hydrogen-bond acceptors (Lipinski definition) is 3. The molecule has 1 aromatic heterocycles. The van der Waals surface area contributed by atoms with Crippen LogP contribution in [0.5, 0.6) is 0 Å². The van der Waals surface area contributed by atoms with E-state index in [-0.39, 0.29) is 11.8 Å². The van der Waals surface area contributed by atoms with Crippen molar-refractivity contribution in [2.75, 3.05) is 16.8 Å². The second-order valence-corrected chi connectivity index (χ2v) is 6.72. The summed E-state index contributed by atoms with van der Waals surface area (Å²) in [6.45, 7) is 2.38. The smallest absolute Gasteiger partial charge is 0.293 e. The number of furan rings is 1. The van der Waals surface area contributed by atoms with Gasteiger partial charge in [0.2, 0.25) is 0 Å². The fourth-order valence-corrected chi connectivity index (χ4v) is 3.30. The molecule has 0 radical (unpaired) electrons. The van der Waals surface area contributed by atoms with Gasteiger partial charge in [-0.25, -0.2) is 0 Å². The van der Waals surface area contributed by atoms with Gasteiger partial charge in [-0.2, -0.15) is 0 Å². The molecule has 1 N–H and O–H groups in total. The van der Waals surface area contributed by atoms with E-state index in [1.54, 1.807) is 24.0 Å². The first kappa shape index (κ1) is 17.8. The van der Waals surface area contributed by atoms with E-state index in [0.717, 1.165) is 23.2 Å². The highest BCUT2D eigenvalue weighted by molar-refractivity contribution is 6.08. The summed E-state index contributed by atoms with van der Waals surface area (Å²) in [4.78, 5) is 26.9. The fourth-order valence-electron chi connectivity index (χ4n) is 3.30. The van der Waals surface area contributed by atoms with E-state index in [0.29, 0.717) is 23.6 Å². The molecule has 2 aromatic carbocycles. The molecule has 1 aliphatic rings. The Labute approximate surface area is 163 Å². The van der Waals surface area contributed by atoms with Crippen LogP contribution in [0.4, 0.5) is 11.4 Å². The van der Waals surface area contributed by atoms with Crippen molar-refractivity contribution >= 4 is 29.3 Å². The predicted molar refractivity (Wildman–Crippen MR) is 109 cm³/mol. The molecule has 2 amide bonds. The quantitative estimate of drug-likeness (QED) is 0.685. The van der Waals surface area contributed by atoms with Crippen molar-refractivity contribution in [1.82, 2.24) is 0 Å². The van der Waals surface area contributed by atoms with Crippen LogP contribution in [0.3, 0.4) is 0 Å². The Morgan fingerprint density at radius 1 is 1.07 bits per heavy atom. The second-order valence-electron chi connectivity index (χ2n) is 6.72. The van der Waals surface area contributed by atoms with Crippen LogP contribution in [0.25, 0.3) is 6.08 Å². The molecule has 2 heterocycles. The maximum absolute atomic E-state index is 12.7. The molecule has 140 valence electrons. The third-order valence-electron chi connectivity index (χ3n) is 4.76. The van der Waals surface area contributed by atoms with E-state index < -0.39 is 0 Å². The number of carbonyl (C=O) groups excluding carboxylic acids is 2. The Kier molecular flexibility index (Phi) is 4.81. The molecule has 0 bridgehead atoms. The lowest BCUT2D eigenvalue weighted by atomic mass is 10.1. The summed E-state index contributed by atoms with van der Waals surface area (Å²) in [6.07, 6.45) is 4.11. The zero-order chi connectivity index (χ0) is 19.5. The third kappa shape index (κ3) is 3.60. The molecule has 0 aliphatic carbocycles. The van der Waals surface area contributed by atoms with Crippen LogP contribution >= 0.6 is 0 Å². The summed E-state index contributed by atoms with van der Waals surface area (Å²) in [5, 5.41) is 2.92. The minimum absolute atomic E-state index is 0.174. The van der Waals surface area contributed by atoms with Gasteiger partial charge in [-0.15, -0.1) is 0 Å². The predicted octanol–water partition coefficient (Wildman–Crippen LogP) is 4.52. The number of hydrogen-bond donors (Lipinski definition) is 1. The maximum Gasteiger partial charge on any atom is 0.293 e. The first-order valence-corrected chi connectivity index (χ1v) is 9.15. The largest absolute Gasteiger partial charge is 0.459 e. The number of nitrogens with one attached hydrogen (secondary N) is 1. The summed E-state index contributed by atoms with van der Waals surface area (Å²) in [7, 11) is 0. The Hall–Kier alpha value is -3.60. The van der Waals surface area contributed by atoms with Gasteiger partial charge in [0.05, 0.1) is 6.26 Å². The fraction of sp³-hybridized carbons (Fsp3) is 0.130. The van der Waals surface area contributed by atoms with Crippen LogP contribution in [0.2, 0.25) is 0 Å². The lowest BCUT2D eigenvalue weighted by Crippen LogP contribution is -2.28. The van der Waals surface area contributed by atoms with Crippen molar-refractivity contribution in [2.45, 2.75) is 13.3 Å². The van der Waals surface area contributed by atoms with Gasteiger partial charge in [0.1, 0.15) is 0 Å². The monoisotopic (exact) mass is 372 g/mol. The molecule has 28 heavy (non-hydrogen) atoms. The van der Waals surface area contributed by atoms with Gasteiger partial charge in [-0.1, -0.05) is 36.4 Å². The van der Waals surface area contributed by atoms with E-state index in [4.69, 9.17) is 4.42 Å². The molecular weight excluding hydrogens is 352 g/mol. The standard InChI is InChI=1S/C23H20N2O3/c1-16(14-17-6-3-2-4-7-17)22(26)24-19-10-9-18-11-12-25(20(18)15-19)23(27)21-8-5-13-28-21/h2-10,13-15H,11-12H2,1H3,(H,24,26)/b16-14+. The number of benzene rings is 2. The highest BCUT2D eigenvalue weighted by Crippen LogP contribution is 2.32. The first-order chi connectivity index (χ1) is 13.6. The number of rotatable bonds is 4. The lowest BCUT2D eigenvalue weighted by molar-refractivity contribution is -0.112. The average molecular weight is 372 g/mol.